The van der Waals surface area contributed by atoms with E-state index in [1.807, 2.05) is 13.8 Å². The lowest BCUT2D eigenvalue weighted by atomic mass is 9.87. The topological polar surface area (TPSA) is 84.6 Å². The number of rotatable bonds is 7. The summed E-state index contributed by atoms with van der Waals surface area (Å²) in [7, 11) is 0. The summed E-state index contributed by atoms with van der Waals surface area (Å²) in [5.41, 5.74) is 0. The van der Waals surface area contributed by atoms with Gasteiger partial charge in [-0.25, -0.2) is 4.99 Å². The predicted molar refractivity (Wildman–Crippen MR) is 109 cm³/mol. The first-order valence-electron chi connectivity index (χ1n) is 9.11. The molecule has 3 unspecified atom stereocenters. The normalized spacial score (nSPS) is 22.2. The number of halogens is 1. The summed E-state index contributed by atoms with van der Waals surface area (Å²) in [6.45, 7) is 10.1. The minimum absolute atomic E-state index is 0. The summed E-state index contributed by atoms with van der Waals surface area (Å²) in [6, 6.07) is 0.489. The van der Waals surface area contributed by atoms with Crippen LogP contribution < -0.4 is 10.6 Å². The third kappa shape index (κ3) is 7.47. The number of aromatic nitrogens is 2. The van der Waals surface area contributed by atoms with E-state index in [-0.39, 0.29) is 30.1 Å². The van der Waals surface area contributed by atoms with E-state index in [2.05, 4.69) is 39.6 Å². The Morgan fingerprint density at radius 2 is 2.20 bits per heavy atom. The van der Waals surface area contributed by atoms with Crippen molar-refractivity contribution >= 4 is 29.9 Å². The zero-order valence-corrected chi connectivity index (χ0v) is 18.1. The van der Waals surface area contributed by atoms with Crippen molar-refractivity contribution in [2.75, 3.05) is 13.2 Å². The SMILES string of the molecule is CCNC(=NCc1nc(C(C)OCC)no1)NC1CCCC(C)C1.I. The molecule has 2 N–H and O–H groups in total. The molecule has 8 heteroatoms. The molecule has 7 nitrogen and oxygen atoms in total. The lowest BCUT2D eigenvalue weighted by Gasteiger charge is -2.28. The first-order valence-corrected chi connectivity index (χ1v) is 9.11. The van der Waals surface area contributed by atoms with Crippen LogP contribution in [-0.2, 0) is 11.3 Å². The van der Waals surface area contributed by atoms with Gasteiger partial charge in [0.05, 0.1) is 0 Å². The lowest BCUT2D eigenvalue weighted by molar-refractivity contribution is 0.0683. The molecule has 1 aromatic rings. The van der Waals surface area contributed by atoms with E-state index < -0.39 is 0 Å². The molecule has 0 radical (unpaired) electrons. The van der Waals surface area contributed by atoms with Gasteiger partial charge in [-0.15, -0.1) is 24.0 Å². The molecule has 0 aromatic carbocycles. The first kappa shape index (κ1) is 22.1. The van der Waals surface area contributed by atoms with E-state index in [4.69, 9.17) is 9.26 Å². The van der Waals surface area contributed by atoms with Crippen LogP contribution in [0.5, 0.6) is 0 Å². The minimum Gasteiger partial charge on any atom is -0.371 e. The van der Waals surface area contributed by atoms with Gasteiger partial charge in [0, 0.05) is 19.2 Å². The van der Waals surface area contributed by atoms with Crippen molar-refractivity contribution in [2.45, 2.75) is 72.1 Å². The molecular formula is C17H32IN5O2. The maximum atomic E-state index is 5.47. The fourth-order valence-corrected chi connectivity index (χ4v) is 3.05. The largest absolute Gasteiger partial charge is 0.371 e. The van der Waals surface area contributed by atoms with E-state index >= 15 is 0 Å². The second kappa shape index (κ2) is 11.7. The zero-order chi connectivity index (χ0) is 17.4. The Labute approximate surface area is 167 Å². The molecule has 3 atom stereocenters. The van der Waals surface area contributed by atoms with Gasteiger partial charge < -0.3 is 19.9 Å². The van der Waals surface area contributed by atoms with Gasteiger partial charge in [0.25, 0.3) is 0 Å². The van der Waals surface area contributed by atoms with Crippen molar-refractivity contribution in [2.24, 2.45) is 10.9 Å². The van der Waals surface area contributed by atoms with Crippen LogP contribution in [0.15, 0.2) is 9.52 Å². The Kier molecular flexibility index (Phi) is 10.3. The monoisotopic (exact) mass is 465 g/mol. The number of nitrogens with zero attached hydrogens (tertiary/aromatic N) is 3. The second-order valence-electron chi connectivity index (χ2n) is 6.45. The van der Waals surface area contributed by atoms with Crippen LogP contribution in [0.3, 0.4) is 0 Å². The van der Waals surface area contributed by atoms with Crippen molar-refractivity contribution in [3.05, 3.63) is 11.7 Å². The summed E-state index contributed by atoms with van der Waals surface area (Å²) in [6.07, 6.45) is 4.84. The third-order valence-electron chi connectivity index (χ3n) is 4.26. The molecule has 0 spiro atoms. The van der Waals surface area contributed by atoms with Gasteiger partial charge in [0.1, 0.15) is 12.6 Å². The zero-order valence-electron chi connectivity index (χ0n) is 15.7. The average molecular weight is 465 g/mol. The molecule has 0 saturated heterocycles. The van der Waals surface area contributed by atoms with E-state index in [0.717, 1.165) is 18.4 Å². The first-order chi connectivity index (χ1) is 11.6. The molecule has 1 fully saturated rings. The van der Waals surface area contributed by atoms with E-state index in [9.17, 15) is 0 Å². The molecule has 0 aliphatic heterocycles. The molecule has 1 aliphatic carbocycles. The highest BCUT2D eigenvalue weighted by molar-refractivity contribution is 14.0. The Bertz CT molecular complexity index is 523. The van der Waals surface area contributed by atoms with Crippen molar-refractivity contribution in [3.63, 3.8) is 0 Å². The van der Waals surface area contributed by atoms with E-state index in [0.29, 0.717) is 30.9 Å². The summed E-state index contributed by atoms with van der Waals surface area (Å²) < 4.78 is 10.7. The van der Waals surface area contributed by atoms with Crippen LogP contribution in [-0.4, -0.2) is 35.3 Å². The molecule has 25 heavy (non-hydrogen) atoms. The van der Waals surface area contributed by atoms with E-state index in [1.54, 1.807) is 0 Å². The van der Waals surface area contributed by atoms with Gasteiger partial charge >= 0.3 is 0 Å². The van der Waals surface area contributed by atoms with Gasteiger partial charge in [-0.3, -0.25) is 0 Å². The van der Waals surface area contributed by atoms with Crippen LogP contribution in [0.1, 0.15) is 71.2 Å². The van der Waals surface area contributed by atoms with Crippen LogP contribution in [0, 0.1) is 5.92 Å². The highest BCUT2D eigenvalue weighted by Crippen LogP contribution is 2.23. The maximum absolute atomic E-state index is 5.47. The summed E-state index contributed by atoms with van der Waals surface area (Å²) in [4.78, 5) is 8.93. The third-order valence-corrected chi connectivity index (χ3v) is 4.26. The van der Waals surface area contributed by atoms with Gasteiger partial charge in [0.15, 0.2) is 11.8 Å². The molecule has 1 saturated carbocycles. The quantitative estimate of drug-likeness (QED) is 0.365. The Morgan fingerprint density at radius 3 is 2.88 bits per heavy atom. The predicted octanol–water partition coefficient (Wildman–Crippen LogP) is 3.42. The number of hydrogen-bond acceptors (Lipinski definition) is 5. The maximum Gasteiger partial charge on any atom is 0.248 e. The summed E-state index contributed by atoms with van der Waals surface area (Å²) in [5.74, 6) is 2.67. The number of ether oxygens (including phenoxy) is 1. The lowest BCUT2D eigenvalue weighted by Crippen LogP contribution is -2.45. The van der Waals surface area contributed by atoms with Crippen LogP contribution in [0.4, 0.5) is 0 Å². The highest BCUT2D eigenvalue weighted by atomic mass is 127. The van der Waals surface area contributed by atoms with Gasteiger partial charge in [-0.2, -0.15) is 4.98 Å². The number of nitrogens with one attached hydrogen (secondary N) is 2. The van der Waals surface area contributed by atoms with Crippen molar-refractivity contribution in [3.8, 4) is 0 Å². The molecule has 144 valence electrons. The number of guanidine groups is 1. The van der Waals surface area contributed by atoms with Gasteiger partial charge in [-0.1, -0.05) is 24.9 Å². The Morgan fingerprint density at radius 1 is 1.40 bits per heavy atom. The molecule has 1 heterocycles. The van der Waals surface area contributed by atoms with Crippen molar-refractivity contribution < 1.29 is 9.26 Å². The second-order valence-corrected chi connectivity index (χ2v) is 6.45. The molecule has 0 amide bonds. The Balaban J connectivity index is 0.00000312. The molecular weight excluding hydrogens is 433 g/mol. The molecule has 1 aliphatic rings. The Hall–Kier alpha value is -0.900. The van der Waals surface area contributed by atoms with Crippen LogP contribution >= 0.6 is 24.0 Å². The highest BCUT2D eigenvalue weighted by Gasteiger charge is 2.20. The standard InChI is InChI=1S/C17H31N5O2.HI/c1-5-18-17(20-14-9-7-8-12(3)10-14)19-11-15-21-16(22-24-15)13(4)23-6-2;/h12-14H,5-11H2,1-4H3,(H2,18,19,20);1H. The van der Waals surface area contributed by atoms with Crippen molar-refractivity contribution in [1.29, 1.82) is 0 Å². The molecule has 1 aromatic heterocycles. The fraction of sp³-hybridized carbons (Fsp3) is 0.824. The average Bonchev–Trinajstić information content (AvgIpc) is 3.02. The number of aliphatic imine (C=N–C) groups is 1. The van der Waals surface area contributed by atoms with Gasteiger partial charge in [0.2, 0.25) is 5.89 Å². The fourth-order valence-electron chi connectivity index (χ4n) is 3.05. The van der Waals surface area contributed by atoms with Crippen molar-refractivity contribution in [1.82, 2.24) is 20.8 Å². The summed E-state index contributed by atoms with van der Waals surface area (Å²) in [5, 5.41) is 10.8. The molecule has 0 bridgehead atoms. The molecule has 2 rings (SSSR count). The summed E-state index contributed by atoms with van der Waals surface area (Å²) >= 11 is 0. The smallest absolute Gasteiger partial charge is 0.248 e. The minimum atomic E-state index is -0.161. The van der Waals surface area contributed by atoms with Crippen LogP contribution in [0.2, 0.25) is 0 Å². The van der Waals surface area contributed by atoms with Crippen LogP contribution in [0.25, 0.3) is 0 Å². The van der Waals surface area contributed by atoms with Gasteiger partial charge in [-0.05, 0) is 39.5 Å². The number of hydrogen-bond donors (Lipinski definition) is 2. The van der Waals surface area contributed by atoms with E-state index in [1.165, 1.54) is 25.7 Å².